The van der Waals surface area contributed by atoms with Crippen molar-refractivity contribution in [1.82, 2.24) is 0 Å². The van der Waals surface area contributed by atoms with Gasteiger partial charge in [-0.1, -0.05) is 72.6 Å². The molecule has 0 heterocycles. The van der Waals surface area contributed by atoms with Crippen LogP contribution >= 0.6 is 0 Å². The Morgan fingerprint density at radius 2 is 1.36 bits per heavy atom. The molecular weight excluding hydrogens is 168 g/mol. The molecule has 0 spiro atoms. The molecule has 0 aromatic carbocycles. The van der Waals surface area contributed by atoms with E-state index in [9.17, 15) is 0 Å². The van der Waals surface area contributed by atoms with Gasteiger partial charge in [0.2, 0.25) is 0 Å². The quantitative estimate of drug-likeness (QED) is 0.464. The largest absolute Gasteiger partial charge is 0.0654 e. The maximum Gasteiger partial charge on any atom is -0.0412 e. The van der Waals surface area contributed by atoms with Crippen LogP contribution in [-0.2, 0) is 0 Å². The number of hydrogen-bond acceptors (Lipinski definition) is 0. The summed E-state index contributed by atoms with van der Waals surface area (Å²) in [5.41, 5.74) is 0. The third-order valence-electron chi connectivity index (χ3n) is 3.18. The fraction of sp³-hybridized carbons (Fsp3) is 1.00. The van der Waals surface area contributed by atoms with Crippen LogP contribution in [0.5, 0.6) is 0 Å². The lowest BCUT2D eigenvalue weighted by molar-refractivity contribution is 0.328. The van der Waals surface area contributed by atoms with Crippen molar-refractivity contribution in [1.29, 1.82) is 0 Å². The molecule has 0 rings (SSSR count). The summed E-state index contributed by atoms with van der Waals surface area (Å²) >= 11 is 0. The first-order valence-corrected chi connectivity index (χ1v) is 6.74. The van der Waals surface area contributed by atoms with E-state index in [0.717, 1.165) is 11.8 Å². The van der Waals surface area contributed by atoms with Crippen molar-refractivity contribution in [3.05, 3.63) is 0 Å². The second-order valence-electron chi connectivity index (χ2n) is 4.93. The van der Waals surface area contributed by atoms with Crippen molar-refractivity contribution in [3.63, 3.8) is 0 Å². The number of unbranched alkanes of at least 4 members (excludes halogenated alkanes) is 1. The van der Waals surface area contributed by atoms with Crippen molar-refractivity contribution < 1.29 is 0 Å². The molecule has 0 saturated carbocycles. The summed E-state index contributed by atoms with van der Waals surface area (Å²) < 4.78 is 0. The van der Waals surface area contributed by atoms with Gasteiger partial charge in [-0.3, -0.25) is 0 Å². The van der Waals surface area contributed by atoms with Gasteiger partial charge < -0.3 is 0 Å². The van der Waals surface area contributed by atoms with Gasteiger partial charge in [-0.15, -0.1) is 0 Å². The molecule has 0 bridgehead atoms. The van der Waals surface area contributed by atoms with E-state index >= 15 is 0 Å². The molecule has 0 amide bonds. The molecule has 86 valence electrons. The van der Waals surface area contributed by atoms with Gasteiger partial charge in [0.05, 0.1) is 0 Å². The Morgan fingerprint density at radius 1 is 0.786 bits per heavy atom. The van der Waals surface area contributed by atoms with E-state index in [-0.39, 0.29) is 0 Å². The monoisotopic (exact) mass is 198 g/mol. The molecule has 0 fully saturated rings. The van der Waals surface area contributed by atoms with Crippen molar-refractivity contribution in [3.8, 4) is 0 Å². The highest BCUT2D eigenvalue weighted by Gasteiger charge is 2.11. The minimum Gasteiger partial charge on any atom is -0.0654 e. The third-order valence-corrected chi connectivity index (χ3v) is 3.18. The van der Waals surface area contributed by atoms with Crippen LogP contribution in [-0.4, -0.2) is 0 Å². The zero-order valence-electron chi connectivity index (χ0n) is 10.8. The molecule has 0 heteroatoms. The molecule has 0 aliphatic carbocycles. The second kappa shape index (κ2) is 9.55. The van der Waals surface area contributed by atoms with Crippen molar-refractivity contribution in [2.24, 2.45) is 11.8 Å². The Balaban J connectivity index is 3.64. The van der Waals surface area contributed by atoms with Crippen LogP contribution in [0.1, 0.15) is 79.1 Å². The highest BCUT2D eigenvalue weighted by Crippen LogP contribution is 2.24. The molecule has 0 N–H and O–H groups in total. The molecular formula is C14H30. The van der Waals surface area contributed by atoms with E-state index < -0.39 is 0 Å². The molecule has 0 saturated heterocycles. The first-order chi connectivity index (χ1) is 6.74. The van der Waals surface area contributed by atoms with Crippen LogP contribution in [0, 0.1) is 11.8 Å². The molecule has 0 radical (unpaired) electrons. The van der Waals surface area contributed by atoms with Gasteiger partial charge in [0.1, 0.15) is 0 Å². The molecule has 1 unspecified atom stereocenters. The van der Waals surface area contributed by atoms with Gasteiger partial charge in [-0.05, 0) is 18.3 Å². The Hall–Kier alpha value is 0. The maximum atomic E-state index is 2.44. The van der Waals surface area contributed by atoms with Gasteiger partial charge in [0.25, 0.3) is 0 Å². The third kappa shape index (κ3) is 7.41. The van der Waals surface area contributed by atoms with Crippen LogP contribution in [0.2, 0.25) is 0 Å². The zero-order chi connectivity index (χ0) is 10.8. The van der Waals surface area contributed by atoms with Crippen LogP contribution in [0.15, 0.2) is 0 Å². The summed E-state index contributed by atoms with van der Waals surface area (Å²) in [6, 6.07) is 0. The van der Waals surface area contributed by atoms with Crippen LogP contribution in [0.25, 0.3) is 0 Å². The average Bonchev–Trinajstić information content (AvgIpc) is 2.15. The Kier molecular flexibility index (Phi) is 9.55. The smallest absolute Gasteiger partial charge is 0.0412 e. The van der Waals surface area contributed by atoms with Crippen molar-refractivity contribution in [2.75, 3.05) is 0 Å². The Morgan fingerprint density at radius 3 is 1.79 bits per heavy atom. The first kappa shape index (κ1) is 14.0. The molecule has 14 heavy (non-hydrogen) atoms. The zero-order valence-corrected chi connectivity index (χ0v) is 10.8. The number of rotatable bonds is 9. The van der Waals surface area contributed by atoms with E-state index in [1.54, 1.807) is 0 Å². The maximum absolute atomic E-state index is 2.44. The summed E-state index contributed by atoms with van der Waals surface area (Å²) in [6.45, 7) is 9.37. The molecule has 0 nitrogen and oxygen atoms in total. The fourth-order valence-electron chi connectivity index (χ4n) is 2.44. The highest BCUT2D eigenvalue weighted by molar-refractivity contribution is 4.63. The van der Waals surface area contributed by atoms with E-state index in [0.29, 0.717) is 0 Å². The van der Waals surface area contributed by atoms with Gasteiger partial charge in [-0.2, -0.15) is 0 Å². The second-order valence-corrected chi connectivity index (χ2v) is 4.93. The summed E-state index contributed by atoms with van der Waals surface area (Å²) in [6.07, 6.45) is 11.3. The van der Waals surface area contributed by atoms with Crippen molar-refractivity contribution in [2.45, 2.75) is 79.1 Å². The number of hydrogen-bond donors (Lipinski definition) is 0. The fourth-order valence-corrected chi connectivity index (χ4v) is 2.44. The summed E-state index contributed by atoms with van der Waals surface area (Å²) in [5.74, 6) is 1.97. The molecule has 1 atom stereocenters. The highest BCUT2D eigenvalue weighted by atomic mass is 14.2. The topological polar surface area (TPSA) is 0 Å². The lowest BCUT2D eigenvalue weighted by Gasteiger charge is -2.19. The predicted octanol–water partition coefficient (Wildman–Crippen LogP) is 5.42. The Bertz CT molecular complexity index is 101. The standard InChI is InChI=1S/C14H30/c1-5-8-11-13(4)12-14(9-6-2)10-7-3/h13-14H,5-12H2,1-4H3. The minimum atomic E-state index is 0.957. The SMILES string of the molecule is CCCCC(C)CC(CCC)CCC. The van der Waals surface area contributed by atoms with Gasteiger partial charge in [-0.25, -0.2) is 0 Å². The lowest BCUT2D eigenvalue weighted by Crippen LogP contribution is -2.06. The lowest BCUT2D eigenvalue weighted by atomic mass is 9.86. The first-order valence-electron chi connectivity index (χ1n) is 6.74. The molecule has 0 aromatic rings. The minimum absolute atomic E-state index is 0.957. The van der Waals surface area contributed by atoms with E-state index in [1.165, 1.54) is 51.4 Å². The molecule has 0 aromatic heterocycles. The normalized spacial score (nSPS) is 13.5. The molecule has 0 aliphatic rings. The predicted molar refractivity (Wildman–Crippen MR) is 66.6 cm³/mol. The average molecular weight is 198 g/mol. The van der Waals surface area contributed by atoms with Crippen LogP contribution in [0.4, 0.5) is 0 Å². The van der Waals surface area contributed by atoms with Gasteiger partial charge >= 0.3 is 0 Å². The molecule has 0 aliphatic heterocycles. The van der Waals surface area contributed by atoms with E-state index in [4.69, 9.17) is 0 Å². The van der Waals surface area contributed by atoms with Gasteiger partial charge in [0, 0.05) is 0 Å². The van der Waals surface area contributed by atoms with Gasteiger partial charge in [0.15, 0.2) is 0 Å². The summed E-state index contributed by atoms with van der Waals surface area (Å²) in [7, 11) is 0. The van der Waals surface area contributed by atoms with Crippen LogP contribution < -0.4 is 0 Å². The van der Waals surface area contributed by atoms with E-state index in [2.05, 4.69) is 27.7 Å². The Labute approximate surface area is 91.5 Å². The summed E-state index contributed by atoms with van der Waals surface area (Å²) in [5, 5.41) is 0. The van der Waals surface area contributed by atoms with E-state index in [1.807, 2.05) is 0 Å². The summed E-state index contributed by atoms with van der Waals surface area (Å²) in [4.78, 5) is 0. The van der Waals surface area contributed by atoms with Crippen molar-refractivity contribution >= 4 is 0 Å². The van der Waals surface area contributed by atoms with Crippen LogP contribution in [0.3, 0.4) is 0 Å².